The van der Waals surface area contributed by atoms with Crippen LogP contribution in [0.4, 0.5) is 14.5 Å². The van der Waals surface area contributed by atoms with Crippen LogP contribution >= 0.6 is 0 Å². The molecule has 2 aromatic carbocycles. The van der Waals surface area contributed by atoms with Gasteiger partial charge >= 0.3 is 0 Å². The van der Waals surface area contributed by atoms with Crippen molar-refractivity contribution in [2.45, 2.75) is 6.54 Å². The molecule has 0 unspecified atom stereocenters. The van der Waals surface area contributed by atoms with Crippen LogP contribution in [0.25, 0.3) is 21.9 Å². The summed E-state index contributed by atoms with van der Waals surface area (Å²) >= 11 is 0. The molecule has 0 aliphatic carbocycles. The molecule has 2 aromatic heterocycles. The number of ether oxygens (including phenoxy) is 2. The number of carbonyl (C=O) groups is 1. The number of carbonyl (C=O) groups excluding carboxylic acids is 1. The lowest BCUT2D eigenvalue weighted by Crippen LogP contribution is -2.28. The molecule has 1 amide bonds. The number of H-pyrrole nitrogens is 1. The van der Waals surface area contributed by atoms with Gasteiger partial charge in [-0.05, 0) is 18.2 Å². The van der Waals surface area contributed by atoms with Crippen molar-refractivity contribution in [1.29, 1.82) is 0 Å². The molecule has 0 bridgehead atoms. The highest BCUT2D eigenvalue weighted by Crippen LogP contribution is 2.34. The van der Waals surface area contributed by atoms with Gasteiger partial charge in [-0.1, -0.05) is 0 Å². The number of anilines is 1. The monoisotopic (exact) mass is 414 g/mol. The number of aromatic nitrogens is 3. The molecule has 0 atom stereocenters. The Morgan fingerprint density at radius 2 is 1.90 bits per heavy atom. The third kappa shape index (κ3) is 3.32. The van der Waals surface area contributed by atoms with Gasteiger partial charge in [-0.3, -0.25) is 14.2 Å². The molecule has 0 saturated heterocycles. The topological polar surface area (TPSA) is 98.2 Å². The minimum Gasteiger partial charge on any atom is -0.493 e. The van der Waals surface area contributed by atoms with Gasteiger partial charge in [0.05, 0.1) is 31.8 Å². The van der Waals surface area contributed by atoms with E-state index in [9.17, 15) is 18.4 Å². The summed E-state index contributed by atoms with van der Waals surface area (Å²) < 4.78 is 38.3. The van der Waals surface area contributed by atoms with Crippen molar-refractivity contribution in [1.82, 2.24) is 14.5 Å². The number of nitrogens with zero attached hydrogens (tertiary/aromatic N) is 2. The number of benzene rings is 2. The highest BCUT2D eigenvalue weighted by atomic mass is 19.1. The highest BCUT2D eigenvalue weighted by Gasteiger charge is 2.16. The predicted octanol–water partition coefficient (Wildman–Crippen LogP) is 2.81. The molecule has 0 saturated carbocycles. The molecule has 0 radical (unpaired) electrons. The molecule has 0 aliphatic rings. The van der Waals surface area contributed by atoms with Crippen molar-refractivity contribution in [2.24, 2.45) is 0 Å². The van der Waals surface area contributed by atoms with Gasteiger partial charge in [-0.2, -0.15) is 0 Å². The second-order valence-corrected chi connectivity index (χ2v) is 6.45. The summed E-state index contributed by atoms with van der Waals surface area (Å²) in [6.07, 6.45) is 1.23. The number of fused-ring (bicyclic) bond motifs is 3. The summed E-state index contributed by atoms with van der Waals surface area (Å²) in [5.41, 5.74) is 0.556. The first-order chi connectivity index (χ1) is 14.4. The number of aromatic amines is 1. The van der Waals surface area contributed by atoms with E-state index in [1.165, 1.54) is 20.5 Å². The molecule has 4 aromatic rings. The standard InChI is InChI=1S/C20H16F2N4O4/c1-29-15-6-11-14(7-16(15)30-2)25-19-18(11)23-9-26(20(19)28)8-17(27)24-13-4-3-10(21)5-12(13)22/h3-7,9,25H,8H2,1-2H3,(H,24,27). The molecule has 2 heterocycles. The average Bonchev–Trinajstić information content (AvgIpc) is 3.09. The van der Waals surface area contributed by atoms with Gasteiger partial charge in [0, 0.05) is 17.5 Å². The van der Waals surface area contributed by atoms with Crippen molar-refractivity contribution in [3.63, 3.8) is 0 Å². The smallest absolute Gasteiger partial charge is 0.278 e. The van der Waals surface area contributed by atoms with E-state index in [0.717, 1.165) is 16.7 Å². The molecule has 8 nitrogen and oxygen atoms in total. The summed E-state index contributed by atoms with van der Waals surface area (Å²) in [5, 5.41) is 2.96. The second kappa shape index (κ2) is 7.47. The van der Waals surface area contributed by atoms with Gasteiger partial charge in [0.25, 0.3) is 5.56 Å². The first kappa shape index (κ1) is 19.4. The number of nitrogens with one attached hydrogen (secondary N) is 2. The zero-order chi connectivity index (χ0) is 21.4. The number of hydrogen-bond donors (Lipinski definition) is 2. The Morgan fingerprint density at radius 3 is 2.60 bits per heavy atom. The van der Waals surface area contributed by atoms with Crippen LogP contribution in [0, 0.1) is 11.6 Å². The van der Waals surface area contributed by atoms with Crippen molar-refractivity contribution in [2.75, 3.05) is 19.5 Å². The van der Waals surface area contributed by atoms with Crippen molar-refractivity contribution >= 4 is 33.5 Å². The van der Waals surface area contributed by atoms with Crippen LogP contribution in [0.15, 0.2) is 41.5 Å². The van der Waals surface area contributed by atoms with Crippen LogP contribution in [-0.2, 0) is 11.3 Å². The minimum absolute atomic E-state index is 0.187. The molecular weight excluding hydrogens is 398 g/mol. The first-order valence-electron chi connectivity index (χ1n) is 8.79. The second-order valence-electron chi connectivity index (χ2n) is 6.45. The predicted molar refractivity (Wildman–Crippen MR) is 106 cm³/mol. The van der Waals surface area contributed by atoms with Gasteiger partial charge in [-0.25, -0.2) is 13.8 Å². The molecule has 4 rings (SSSR count). The maximum atomic E-state index is 13.7. The Morgan fingerprint density at radius 1 is 1.17 bits per heavy atom. The van der Waals surface area contributed by atoms with Gasteiger partial charge in [0.15, 0.2) is 11.5 Å². The minimum atomic E-state index is -0.914. The summed E-state index contributed by atoms with van der Waals surface area (Å²) in [4.78, 5) is 32.3. The lowest BCUT2D eigenvalue weighted by molar-refractivity contribution is -0.116. The number of hydrogen-bond acceptors (Lipinski definition) is 5. The largest absolute Gasteiger partial charge is 0.493 e. The molecule has 0 fully saturated rings. The molecule has 30 heavy (non-hydrogen) atoms. The zero-order valence-corrected chi connectivity index (χ0v) is 16.0. The summed E-state index contributed by atoms with van der Waals surface area (Å²) in [7, 11) is 3.00. The van der Waals surface area contributed by atoms with E-state index in [-0.39, 0.29) is 11.2 Å². The molecule has 2 N–H and O–H groups in total. The Labute approximate surface area is 168 Å². The van der Waals surface area contributed by atoms with Crippen LogP contribution < -0.4 is 20.3 Å². The van der Waals surface area contributed by atoms with Crippen molar-refractivity contribution < 1.29 is 23.0 Å². The zero-order valence-electron chi connectivity index (χ0n) is 16.0. The fraction of sp³-hybridized carbons (Fsp3) is 0.150. The summed E-state index contributed by atoms with van der Waals surface area (Å²) in [6, 6.07) is 6.16. The van der Waals surface area contributed by atoms with E-state index in [4.69, 9.17) is 9.47 Å². The van der Waals surface area contributed by atoms with Crippen LogP contribution in [-0.4, -0.2) is 34.7 Å². The van der Waals surface area contributed by atoms with Crippen LogP contribution in [0.1, 0.15) is 0 Å². The van der Waals surface area contributed by atoms with Gasteiger partial charge < -0.3 is 19.8 Å². The fourth-order valence-electron chi connectivity index (χ4n) is 3.17. The fourth-order valence-corrected chi connectivity index (χ4v) is 3.17. The summed E-state index contributed by atoms with van der Waals surface area (Å²) in [6.45, 7) is -0.402. The maximum absolute atomic E-state index is 13.7. The van der Waals surface area contributed by atoms with E-state index >= 15 is 0 Å². The number of amides is 1. The normalized spacial score (nSPS) is 11.1. The Balaban J connectivity index is 1.68. The molecule has 0 aliphatic heterocycles. The number of halogens is 2. The molecule has 0 spiro atoms. The lowest BCUT2D eigenvalue weighted by Gasteiger charge is -2.08. The van der Waals surface area contributed by atoms with Crippen LogP contribution in [0.5, 0.6) is 11.5 Å². The van der Waals surface area contributed by atoms with E-state index in [1.807, 2.05) is 0 Å². The SMILES string of the molecule is COc1cc2[nH]c3c(=O)n(CC(=O)Nc4ccc(F)cc4F)cnc3c2cc1OC. The van der Waals surface area contributed by atoms with Gasteiger partial charge in [0.2, 0.25) is 5.91 Å². The third-order valence-electron chi connectivity index (χ3n) is 4.60. The maximum Gasteiger partial charge on any atom is 0.278 e. The quantitative estimate of drug-likeness (QED) is 0.523. The van der Waals surface area contributed by atoms with Crippen LogP contribution in [0.2, 0.25) is 0 Å². The highest BCUT2D eigenvalue weighted by molar-refractivity contribution is 6.05. The molecular formula is C20H16F2N4O4. The van der Waals surface area contributed by atoms with E-state index < -0.39 is 29.6 Å². The van der Waals surface area contributed by atoms with Gasteiger partial charge in [0.1, 0.15) is 29.2 Å². The molecule has 10 heteroatoms. The van der Waals surface area contributed by atoms with E-state index in [1.54, 1.807) is 12.1 Å². The third-order valence-corrected chi connectivity index (χ3v) is 4.60. The first-order valence-corrected chi connectivity index (χ1v) is 8.79. The van der Waals surface area contributed by atoms with Gasteiger partial charge in [-0.15, -0.1) is 0 Å². The lowest BCUT2D eigenvalue weighted by atomic mass is 10.2. The van der Waals surface area contributed by atoms with Crippen LogP contribution in [0.3, 0.4) is 0 Å². The van der Waals surface area contributed by atoms with Crippen molar-refractivity contribution in [3.05, 3.63) is 58.6 Å². The van der Waals surface area contributed by atoms with E-state index in [0.29, 0.717) is 34.0 Å². The Hall–Kier alpha value is -3.95. The Kier molecular flexibility index (Phi) is 4.82. The number of methoxy groups -OCH3 is 2. The Bertz CT molecular complexity index is 1350. The summed E-state index contributed by atoms with van der Waals surface area (Å²) in [5.74, 6) is -1.37. The molecule has 154 valence electrons. The average molecular weight is 414 g/mol. The van der Waals surface area contributed by atoms with E-state index in [2.05, 4.69) is 15.3 Å². The number of rotatable bonds is 5. The van der Waals surface area contributed by atoms with Crippen molar-refractivity contribution in [3.8, 4) is 11.5 Å².